The van der Waals surface area contributed by atoms with Crippen LogP contribution in [0.2, 0.25) is 0 Å². The predicted octanol–water partition coefficient (Wildman–Crippen LogP) is 0.843. The molecule has 0 saturated carbocycles. The summed E-state index contributed by atoms with van der Waals surface area (Å²) in [6.45, 7) is 0. The summed E-state index contributed by atoms with van der Waals surface area (Å²) in [5.41, 5.74) is 6.10. The van der Waals surface area contributed by atoms with Crippen molar-refractivity contribution in [2.24, 2.45) is 5.73 Å². The number of aromatic nitrogens is 1. The average molecular weight is 219 g/mol. The molecule has 1 aromatic carbocycles. The minimum atomic E-state index is -0.825. The topological polar surface area (TPSA) is 117 Å². The summed E-state index contributed by atoms with van der Waals surface area (Å²) in [5, 5.41) is 11.8. The molecule has 1 aromatic heterocycles. The molecule has 0 aliphatic carbocycles. The summed E-state index contributed by atoms with van der Waals surface area (Å²) < 4.78 is 5.27. The molecule has 7 nitrogen and oxygen atoms in total. The van der Waals surface area contributed by atoms with Gasteiger partial charge in [0.1, 0.15) is 5.52 Å². The zero-order chi connectivity index (χ0) is 11.5. The molecule has 2 amide bonds. The van der Waals surface area contributed by atoms with Crippen LogP contribution in [0.4, 0.5) is 10.8 Å². The van der Waals surface area contributed by atoms with Gasteiger partial charge in [-0.05, 0) is 12.1 Å². The number of primary amides is 1. The SMILES string of the molecule is N=C(NC(N)=O)Nc1nc2ccccc2o1. The van der Waals surface area contributed by atoms with Gasteiger partial charge in [0.25, 0.3) is 0 Å². The molecule has 16 heavy (non-hydrogen) atoms. The third kappa shape index (κ3) is 2.08. The average Bonchev–Trinajstić information content (AvgIpc) is 2.57. The molecule has 0 radical (unpaired) electrons. The minimum absolute atomic E-state index is 0.125. The van der Waals surface area contributed by atoms with E-state index in [1.165, 1.54) is 0 Å². The predicted molar refractivity (Wildman–Crippen MR) is 58.1 cm³/mol. The lowest BCUT2D eigenvalue weighted by atomic mass is 10.3. The molecule has 82 valence electrons. The number of anilines is 1. The Labute approximate surface area is 90.1 Å². The fraction of sp³-hybridized carbons (Fsp3) is 0. The van der Waals surface area contributed by atoms with E-state index in [-0.39, 0.29) is 12.0 Å². The van der Waals surface area contributed by atoms with Crippen LogP contribution in [0.5, 0.6) is 0 Å². The maximum Gasteiger partial charge on any atom is 0.318 e. The second-order valence-corrected chi connectivity index (χ2v) is 2.98. The van der Waals surface area contributed by atoms with Gasteiger partial charge >= 0.3 is 12.0 Å². The van der Waals surface area contributed by atoms with Crippen molar-refractivity contribution in [2.45, 2.75) is 0 Å². The van der Waals surface area contributed by atoms with Gasteiger partial charge in [0.15, 0.2) is 5.58 Å². The number of nitrogens with one attached hydrogen (secondary N) is 3. The highest BCUT2D eigenvalue weighted by Gasteiger charge is 2.07. The van der Waals surface area contributed by atoms with Gasteiger partial charge in [-0.15, -0.1) is 0 Å². The largest absolute Gasteiger partial charge is 0.423 e. The lowest BCUT2D eigenvalue weighted by Crippen LogP contribution is -2.38. The van der Waals surface area contributed by atoms with E-state index in [2.05, 4.69) is 10.3 Å². The van der Waals surface area contributed by atoms with Crippen LogP contribution >= 0.6 is 0 Å². The standard InChI is InChI=1S/C9H9N5O2/c10-7(13-8(11)15)14-9-12-5-3-1-2-4-6(5)16-9/h1-4H,(H5,10,11,12,13,14,15). The number of urea groups is 1. The summed E-state index contributed by atoms with van der Waals surface area (Å²) in [5.74, 6) is -0.293. The summed E-state index contributed by atoms with van der Waals surface area (Å²) in [6, 6.07) is 6.45. The van der Waals surface area contributed by atoms with Crippen LogP contribution in [0.15, 0.2) is 28.7 Å². The summed E-state index contributed by atoms with van der Waals surface area (Å²) in [4.78, 5) is 14.5. The molecule has 1 heterocycles. The second kappa shape index (κ2) is 3.89. The molecular weight excluding hydrogens is 210 g/mol. The molecule has 0 aliphatic rings. The van der Waals surface area contributed by atoms with E-state index in [1.54, 1.807) is 12.1 Å². The quantitative estimate of drug-likeness (QED) is 0.420. The number of oxazole rings is 1. The van der Waals surface area contributed by atoms with Gasteiger partial charge in [-0.3, -0.25) is 16.0 Å². The monoisotopic (exact) mass is 219 g/mol. The number of fused-ring (bicyclic) bond motifs is 1. The fourth-order valence-electron chi connectivity index (χ4n) is 1.19. The first kappa shape index (κ1) is 9.97. The Bertz CT molecular complexity index is 515. The number of rotatable bonds is 1. The van der Waals surface area contributed by atoms with E-state index in [4.69, 9.17) is 15.6 Å². The maximum atomic E-state index is 10.5. The number of nitrogens with zero attached hydrogens (tertiary/aromatic N) is 1. The number of hydrogen-bond acceptors (Lipinski definition) is 4. The van der Waals surface area contributed by atoms with Crippen LogP contribution < -0.4 is 16.4 Å². The number of amides is 2. The molecule has 0 aliphatic heterocycles. The number of hydrogen-bond donors (Lipinski definition) is 4. The van der Waals surface area contributed by atoms with Gasteiger partial charge in [-0.2, -0.15) is 4.98 Å². The van der Waals surface area contributed by atoms with Crippen molar-refractivity contribution in [3.8, 4) is 0 Å². The summed E-state index contributed by atoms with van der Waals surface area (Å²) in [6.07, 6.45) is 0. The van der Waals surface area contributed by atoms with E-state index in [1.807, 2.05) is 17.4 Å². The first-order chi connectivity index (χ1) is 7.65. The molecule has 5 N–H and O–H groups in total. The van der Waals surface area contributed by atoms with Crippen molar-refractivity contribution in [3.63, 3.8) is 0 Å². The Morgan fingerprint density at radius 1 is 1.44 bits per heavy atom. The van der Waals surface area contributed by atoms with E-state index in [0.717, 1.165) is 0 Å². The third-order valence-corrected chi connectivity index (χ3v) is 1.77. The molecule has 2 aromatic rings. The lowest BCUT2D eigenvalue weighted by molar-refractivity contribution is 0.253. The first-order valence-electron chi connectivity index (χ1n) is 4.43. The highest BCUT2D eigenvalue weighted by molar-refractivity contribution is 6.00. The molecule has 0 spiro atoms. The number of para-hydroxylation sites is 2. The van der Waals surface area contributed by atoms with Crippen molar-refractivity contribution in [2.75, 3.05) is 5.32 Å². The van der Waals surface area contributed by atoms with Crippen molar-refractivity contribution in [3.05, 3.63) is 24.3 Å². The molecule has 0 fully saturated rings. The number of carbonyl (C=O) groups is 1. The molecule has 0 saturated heterocycles. The fourth-order valence-corrected chi connectivity index (χ4v) is 1.19. The van der Waals surface area contributed by atoms with Gasteiger partial charge in [0, 0.05) is 0 Å². The third-order valence-electron chi connectivity index (χ3n) is 1.77. The van der Waals surface area contributed by atoms with Crippen molar-refractivity contribution in [1.29, 1.82) is 5.41 Å². The Morgan fingerprint density at radius 3 is 2.88 bits per heavy atom. The minimum Gasteiger partial charge on any atom is -0.423 e. The van der Waals surface area contributed by atoms with E-state index in [9.17, 15) is 4.79 Å². The number of nitrogens with two attached hydrogens (primary N) is 1. The van der Waals surface area contributed by atoms with Gasteiger partial charge in [-0.25, -0.2) is 4.79 Å². The van der Waals surface area contributed by atoms with Gasteiger partial charge in [0.05, 0.1) is 0 Å². The highest BCUT2D eigenvalue weighted by Crippen LogP contribution is 2.17. The van der Waals surface area contributed by atoms with Crippen LogP contribution in [0.3, 0.4) is 0 Å². The van der Waals surface area contributed by atoms with Gasteiger partial charge in [0.2, 0.25) is 5.96 Å². The maximum absolute atomic E-state index is 10.5. The van der Waals surface area contributed by atoms with Crippen LogP contribution in [-0.2, 0) is 0 Å². The van der Waals surface area contributed by atoms with Gasteiger partial charge in [-0.1, -0.05) is 12.1 Å². The molecule has 0 atom stereocenters. The Kier molecular flexibility index (Phi) is 2.42. The van der Waals surface area contributed by atoms with Crippen molar-refractivity contribution >= 4 is 29.1 Å². The van der Waals surface area contributed by atoms with E-state index in [0.29, 0.717) is 11.1 Å². The summed E-state index contributed by atoms with van der Waals surface area (Å²) in [7, 11) is 0. The Hall–Kier alpha value is -2.57. The molecular formula is C9H9N5O2. The van der Waals surface area contributed by atoms with Crippen LogP contribution in [0.25, 0.3) is 11.1 Å². The van der Waals surface area contributed by atoms with Crippen molar-refractivity contribution in [1.82, 2.24) is 10.3 Å². The van der Waals surface area contributed by atoms with Crippen LogP contribution in [0, 0.1) is 5.41 Å². The normalized spacial score (nSPS) is 10.0. The molecule has 0 bridgehead atoms. The number of guanidine groups is 1. The molecule has 7 heteroatoms. The van der Waals surface area contributed by atoms with Gasteiger partial charge < -0.3 is 10.2 Å². The smallest absolute Gasteiger partial charge is 0.318 e. The number of benzene rings is 1. The highest BCUT2D eigenvalue weighted by atomic mass is 16.4. The van der Waals surface area contributed by atoms with E-state index >= 15 is 0 Å². The molecule has 0 unspecified atom stereocenters. The summed E-state index contributed by atoms with van der Waals surface area (Å²) >= 11 is 0. The zero-order valence-corrected chi connectivity index (χ0v) is 8.15. The van der Waals surface area contributed by atoms with Crippen molar-refractivity contribution < 1.29 is 9.21 Å². The molecule has 2 rings (SSSR count). The zero-order valence-electron chi connectivity index (χ0n) is 8.15. The second-order valence-electron chi connectivity index (χ2n) is 2.98. The number of carbonyl (C=O) groups excluding carboxylic acids is 1. The first-order valence-corrected chi connectivity index (χ1v) is 4.43. The lowest BCUT2D eigenvalue weighted by Gasteiger charge is -2.02. The Balaban J connectivity index is 2.15. The van der Waals surface area contributed by atoms with Crippen LogP contribution in [0.1, 0.15) is 0 Å². The van der Waals surface area contributed by atoms with E-state index < -0.39 is 6.03 Å². The Morgan fingerprint density at radius 2 is 2.19 bits per heavy atom. The van der Waals surface area contributed by atoms with Crippen LogP contribution in [-0.4, -0.2) is 17.0 Å².